The van der Waals surface area contributed by atoms with Gasteiger partial charge in [0.1, 0.15) is 11.6 Å². The Hall–Kier alpha value is -1.26. The Balaban J connectivity index is 2.73. The summed E-state index contributed by atoms with van der Waals surface area (Å²) in [4.78, 5) is 25.0. The maximum absolute atomic E-state index is 11.9. The predicted octanol–water partition coefficient (Wildman–Crippen LogP) is 1.80. The van der Waals surface area contributed by atoms with Crippen molar-refractivity contribution >= 4 is 12.1 Å². The van der Waals surface area contributed by atoms with Crippen LogP contribution in [0.15, 0.2) is 0 Å². The molecular formula is C12H21NO4. The lowest BCUT2D eigenvalue weighted by Crippen LogP contribution is -2.43. The summed E-state index contributed by atoms with van der Waals surface area (Å²) < 4.78 is 9.98. The molecule has 0 aromatic carbocycles. The van der Waals surface area contributed by atoms with Gasteiger partial charge in [0.25, 0.3) is 0 Å². The van der Waals surface area contributed by atoms with E-state index in [0.29, 0.717) is 13.0 Å². The van der Waals surface area contributed by atoms with E-state index in [4.69, 9.17) is 9.47 Å². The van der Waals surface area contributed by atoms with Gasteiger partial charge in [-0.05, 0) is 33.1 Å². The normalized spacial score (nSPS) is 24.6. The molecule has 0 unspecified atom stereocenters. The van der Waals surface area contributed by atoms with E-state index in [9.17, 15) is 9.59 Å². The summed E-state index contributed by atoms with van der Waals surface area (Å²) in [6, 6.07) is -0.509. The van der Waals surface area contributed by atoms with E-state index >= 15 is 0 Å². The van der Waals surface area contributed by atoms with E-state index in [1.54, 1.807) is 20.8 Å². The van der Waals surface area contributed by atoms with E-state index in [1.165, 1.54) is 12.0 Å². The minimum absolute atomic E-state index is 0.284. The SMILES string of the molecule is COC(=O)[C@@H]1C[C@H](C)CN1C(=O)OC(C)(C)C. The van der Waals surface area contributed by atoms with Crippen molar-refractivity contribution in [2.75, 3.05) is 13.7 Å². The minimum Gasteiger partial charge on any atom is -0.467 e. The molecule has 0 radical (unpaired) electrons. The summed E-state index contributed by atoms with van der Waals surface area (Å²) >= 11 is 0. The van der Waals surface area contributed by atoms with Crippen LogP contribution in [0.25, 0.3) is 0 Å². The number of ether oxygens (including phenoxy) is 2. The second-order valence-electron chi connectivity index (χ2n) is 5.51. The number of carbonyl (C=O) groups is 2. The summed E-state index contributed by atoms with van der Waals surface area (Å²) in [7, 11) is 1.33. The van der Waals surface area contributed by atoms with Gasteiger partial charge >= 0.3 is 12.1 Å². The summed E-state index contributed by atoms with van der Waals surface area (Å²) in [6.07, 6.45) is 0.184. The Morgan fingerprint density at radius 3 is 2.35 bits per heavy atom. The Morgan fingerprint density at radius 1 is 1.29 bits per heavy atom. The first-order valence-corrected chi connectivity index (χ1v) is 5.82. The summed E-state index contributed by atoms with van der Waals surface area (Å²) in [5.74, 6) is -0.0909. The average Bonchev–Trinajstić information content (AvgIpc) is 2.56. The Bertz CT molecular complexity index is 308. The van der Waals surface area contributed by atoms with E-state index in [2.05, 4.69) is 0 Å². The van der Waals surface area contributed by atoms with Crippen molar-refractivity contribution in [2.24, 2.45) is 5.92 Å². The van der Waals surface area contributed by atoms with Crippen LogP contribution >= 0.6 is 0 Å². The van der Waals surface area contributed by atoms with Crippen LogP contribution in [0.2, 0.25) is 0 Å². The van der Waals surface area contributed by atoms with Crippen molar-refractivity contribution in [1.29, 1.82) is 0 Å². The molecule has 5 heteroatoms. The largest absolute Gasteiger partial charge is 0.467 e. The molecule has 0 N–H and O–H groups in total. The molecule has 1 saturated heterocycles. The highest BCUT2D eigenvalue weighted by Gasteiger charge is 2.40. The number of rotatable bonds is 1. The molecule has 1 fully saturated rings. The van der Waals surface area contributed by atoms with Crippen molar-refractivity contribution in [3.8, 4) is 0 Å². The van der Waals surface area contributed by atoms with Gasteiger partial charge in [0.2, 0.25) is 0 Å². The smallest absolute Gasteiger partial charge is 0.411 e. The molecule has 1 amide bonds. The average molecular weight is 243 g/mol. The van der Waals surface area contributed by atoms with Crippen molar-refractivity contribution in [1.82, 2.24) is 4.90 Å². The molecular weight excluding hydrogens is 222 g/mol. The van der Waals surface area contributed by atoms with Crippen LogP contribution in [0.4, 0.5) is 4.79 Å². The lowest BCUT2D eigenvalue weighted by atomic mass is 10.1. The fraction of sp³-hybridized carbons (Fsp3) is 0.833. The van der Waals surface area contributed by atoms with Gasteiger partial charge in [-0.3, -0.25) is 4.90 Å². The highest BCUT2D eigenvalue weighted by atomic mass is 16.6. The maximum Gasteiger partial charge on any atom is 0.411 e. The van der Waals surface area contributed by atoms with E-state index in [1.807, 2.05) is 6.92 Å². The van der Waals surface area contributed by atoms with Gasteiger partial charge in [0, 0.05) is 6.54 Å². The third-order valence-corrected chi connectivity index (χ3v) is 2.61. The second-order valence-corrected chi connectivity index (χ2v) is 5.51. The van der Waals surface area contributed by atoms with Crippen LogP contribution in [0.3, 0.4) is 0 Å². The van der Waals surface area contributed by atoms with Gasteiger partial charge < -0.3 is 9.47 Å². The molecule has 0 saturated carbocycles. The van der Waals surface area contributed by atoms with Gasteiger partial charge in [-0.15, -0.1) is 0 Å². The lowest BCUT2D eigenvalue weighted by Gasteiger charge is -2.27. The molecule has 5 nitrogen and oxygen atoms in total. The number of methoxy groups -OCH3 is 1. The number of esters is 1. The van der Waals surface area contributed by atoms with E-state index < -0.39 is 17.7 Å². The monoisotopic (exact) mass is 243 g/mol. The van der Waals surface area contributed by atoms with Gasteiger partial charge in [0.15, 0.2) is 0 Å². The minimum atomic E-state index is -0.552. The zero-order valence-corrected chi connectivity index (χ0v) is 11.1. The van der Waals surface area contributed by atoms with Crippen LogP contribution in [0.1, 0.15) is 34.1 Å². The first-order valence-electron chi connectivity index (χ1n) is 5.82. The molecule has 0 aromatic rings. The number of likely N-dealkylation sites (tertiary alicyclic amines) is 1. The molecule has 0 spiro atoms. The molecule has 98 valence electrons. The molecule has 1 heterocycles. The molecule has 0 bridgehead atoms. The lowest BCUT2D eigenvalue weighted by molar-refractivity contribution is -0.145. The van der Waals surface area contributed by atoms with E-state index in [0.717, 1.165) is 0 Å². The Kier molecular flexibility index (Phi) is 4.01. The fourth-order valence-corrected chi connectivity index (χ4v) is 1.93. The predicted molar refractivity (Wildman–Crippen MR) is 62.5 cm³/mol. The second kappa shape index (κ2) is 4.94. The van der Waals surface area contributed by atoms with Crippen LogP contribution in [0.5, 0.6) is 0 Å². The van der Waals surface area contributed by atoms with E-state index in [-0.39, 0.29) is 11.9 Å². The highest BCUT2D eigenvalue weighted by molar-refractivity contribution is 5.82. The first kappa shape index (κ1) is 13.8. The topological polar surface area (TPSA) is 55.8 Å². The quantitative estimate of drug-likeness (QED) is 0.659. The molecule has 1 rings (SSSR count). The van der Waals surface area contributed by atoms with Crippen molar-refractivity contribution < 1.29 is 19.1 Å². The van der Waals surface area contributed by atoms with Crippen molar-refractivity contribution in [2.45, 2.75) is 45.8 Å². The summed E-state index contributed by atoms with van der Waals surface area (Å²) in [6.45, 7) is 7.95. The number of hydrogen-bond donors (Lipinski definition) is 0. The third kappa shape index (κ3) is 3.61. The van der Waals surface area contributed by atoms with Crippen LogP contribution in [-0.4, -0.2) is 42.3 Å². The van der Waals surface area contributed by atoms with Gasteiger partial charge in [-0.2, -0.15) is 0 Å². The number of amides is 1. The molecule has 0 aliphatic carbocycles. The van der Waals surface area contributed by atoms with Gasteiger partial charge in [-0.1, -0.05) is 6.92 Å². The number of nitrogens with zero attached hydrogens (tertiary/aromatic N) is 1. The maximum atomic E-state index is 11.9. The van der Waals surface area contributed by atoms with Crippen molar-refractivity contribution in [3.63, 3.8) is 0 Å². The Morgan fingerprint density at radius 2 is 1.88 bits per heavy atom. The van der Waals surface area contributed by atoms with Crippen LogP contribution in [-0.2, 0) is 14.3 Å². The zero-order valence-electron chi connectivity index (χ0n) is 11.1. The first-order chi connectivity index (χ1) is 7.74. The number of carbonyl (C=O) groups excluding carboxylic acids is 2. The summed E-state index contributed by atoms with van der Waals surface area (Å²) in [5, 5.41) is 0. The molecule has 17 heavy (non-hydrogen) atoms. The highest BCUT2D eigenvalue weighted by Crippen LogP contribution is 2.25. The summed E-state index contributed by atoms with van der Waals surface area (Å²) in [5.41, 5.74) is -0.552. The molecule has 0 aromatic heterocycles. The molecule has 2 atom stereocenters. The van der Waals surface area contributed by atoms with Crippen molar-refractivity contribution in [3.05, 3.63) is 0 Å². The third-order valence-electron chi connectivity index (χ3n) is 2.61. The molecule has 1 aliphatic rings. The van der Waals surface area contributed by atoms with Crippen LogP contribution in [0, 0.1) is 5.92 Å². The zero-order chi connectivity index (χ0) is 13.2. The number of hydrogen-bond acceptors (Lipinski definition) is 4. The standard InChI is InChI=1S/C12H21NO4/c1-8-6-9(10(14)16-5)13(7-8)11(15)17-12(2,3)4/h8-9H,6-7H2,1-5H3/t8-,9-/m0/s1. The molecule has 1 aliphatic heterocycles. The van der Waals surface area contributed by atoms with Crippen LogP contribution < -0.4 is 0 Å². The van der Waals surface area contributed by atoms with Gasteiger partial charge in [0.05, 0.1) is 7.11 Å². The Labute approximate surface area is 102 Å². The van der Waals surface area contributed by atoms with Gasteiger partial charge in [-0.25, -0.2) is 9.59 Å². The fourth-order valence-electron chi connectivity index (χ4n) is 1.93.